The van der Waals surface area contributed by atoms with E-state index in [9.17, 15) is 36.3 Å². The molecule has 1 aromatic heterocycles. The molecule has 2 N–H and O–H groups in total. The normalized spacial score (nSPS) is 17.8. The Bertz CT molecular complexity index is 1200. The van der Waals surface area contributed by atoms with Crippen LogP contribution in [0.2, 0.25) is 0 Å². The Labute approximate surface area is 219 Å². The van der Waals surface area contributed by atoms with Crippen LogP contribution in [0.25, 0.3) is 0 Å². The zero-order valence-electron chi connectivity index (χ0n) is 21.4. The molecule has 12 heteroatoms. The number of carbonyl (C=O) groups is 2. The van der Waals surface area contributed by atoms with Crippen molar-refractivity contribution in [2.24, 2.45) is 18.9 Å². The first-order chi connectivity index (χ1) is 17.5. The van der Waals surface area contributed by atoms with Crippen molar-refractivity contribution in [1.29, 1.82) is 0 Å². The minimum atomic E-state index is -4.91. The highest BCUT2D eigenvalue weighted by Crippen LogP contribution is 2.38. The molecule has 2 aromatic rings. The van der Waals surface area contributed by atoms with Gasteiger partial charge in [-0.3, -0.25) is 14.4 Å². The first-order valence-electron chi connectivity index (χ1n) is 12.0. The number of carbonyl (C=O) groups excluding carboxylic acids is 1. The van der Waals surface area contributed by atoms with Crippen LogP contribution in [0.15, 0.2) is 35.1 Å². The van der Waals surface area contributed by atoms with Crippen LogP contribution in [0.1, 0.15) is 60.6 Å². The van der Waals surface area contributed by atoms with Crippen LogP contribution in [-0.2, 0) is 34.9 Å². The zero-order valence-corrected chi connectivity index (χ0v) is 22.5. The van der Waals surface area contributed by atoms with Crippen LogP contribution in [0.5, 0.6) is 0 Å². The van der Waals surface area contributed by atoms with Crippen molar-refractivity contribution in [2.45, 2.75) is 57.8 Å². The highest BCUT2D eigenvalue weighted by atomic mass is 31.0. The smallest absolute Gasteiger partial charge is 0.416 e. The standard InChI is InChI=1S/C16H15F5NOP.C10H17NO3/c1-9-4-3-5-10(6-9)7-11-12(15(17,18)19)8-13(16(20,21)24)22(2)14(11)23;1-7-2-4-8(5-3-7)10(14)11-6-9(12)13/h3-6,8H,7,24H2,1-2H3;7-8H,2-6H2,1H3,(H,11,14)(H,12,13). The Morgan fingerprint density at radius 1 is 1.11 bits per heavy atom. The molecule has 38 heavy (non-hydrogen) atoms. The third-order valence-corrected chi connectivity index (χ3v) is 6.74. The number of halogens is 5. The summed E-state index contributed by atoms with van der Waals surface area (Å²) in [6.45, 7) is 3.69. The Hall–Kier alpha value is -2.81. The van der Waals surface area contributed by atoms with Gasteiger partial charge in [0.25, 0.3) is 11.2 Å². The summed E-state index contributed by atoms with van der Waals surface area (Å²) in [7, 11) is 2.19. The number of carboxylic acids is 1. The van der Waals surface area contributed by atoms with Crippen molar-refractivity contribution >= 4 is 21.1 Å². The number of alkyl halides is 5. The van der Waals surface area contributed by atoms with Crippen LogP contribution >= 0.6 is 9.24 Å². The van der Waals surface area contributed by atoms with Crippen LogP contribution in [0.3, 0.4) is 0 Å². The predicted octanol–water partition coefficient (Wildman–Crippen LogP) is 5.24. The lowest BCUT2D eigenvalue weighted by atomic mass is 9.82. The second kappa shape index (κ2) is 12.8. The fourth-order valence-electron chi connectivity index (χ4n) is 4.35. The molecule has 1 heterocycles. The fourth-order valence-corrected chi connectivity index (χ4v) is 4.62. The van der Waals surface area contributed by atoms with E-state index in [4.69, 9.17) is 5.11 Å². The Kier molecular flexibility index (Phi) is 10.6. The van der Waals surface area contributed by atoms with E-state index < -0.39 is 40.2 Å². The molecule has 0 aliphatic heterocycles. The molecule has 1 fully saturated rings. The van der Waals surface area contributed by atoms with Crippen LogP contribution in [0, 0.1) is 18.8 Å². The van der Waals surface area contributed by atoms with Gasteiger partial charge in [-0.15, -0.1) is 0 Å². The van der Waals surface area contributed by atoms with Gasteiger partial charge in [0.1, 0.15) is 6.54 Å². The number of hydrogen-bond donors (Lipinski definition) is 2. The molecule has 1 amide bonds. The maximum atomic E-state index is 13.5. The highest BCUT2D eigenvalue weighted by Gasteiger charge is 2.39. The number of nitrogens with one attached hydrogen (secondary N) is 1. The molecular weight excluding hydrogens is 530 g/mol. The Balaban J connectivity index is 0.000000308. The predicted molar refractivity (Wildman–Crippen MR) is 136 cm³/mol. The molecule has 6 nitrogen and oxygen atoms in total. The number of aryl methyl sites for hydroxylation is 1. The second-order valence-corrected chi connectivity index (χ2v) is 10.4. The monoisotopic (exact) mass is 562 g/mol. The van der Waals surface area contributed by atoms with Crippen LogP contribution in [0.4, 0.5) is 22.0 Å². The van der Waals surface area contributed by atoms with Crippen molar-refractivity contribution in [3.05, 3.63) is 68.6 Å². The summed E-state index contributed by atoms with van der Waals surface area (Å²) >= 11 is 0. The molecule has 1 saturated carbocycles. The molecule has 1 aliphatic rings. The first kappa shape index (κ1) is 31.4. The van der Waals surface area contributed by atoms with Gasteiger partial charge in [-0.1, -0.05) is 46.0 Å². The molecule has 3 rings (SSSR count). The van der Waals surface area contributed by atoms with Gasteiger partial charge < -0.3 is 15.0 Å². The maximum Gasteiger partial charge on any atom is 0.416 e. The molecule has 210 valence electrons. The van der Waals surface area contributed by atoms with Gasteiger partial charge in [-0.25, -0.2) is 0 Å². The summed E-state index contributed by atoms with van der Waals surface area (Å²) in [6, 6.07) is 7.01. The minimum Gasteiger partial charge on any atom is -0.480 e. The average molecular weight is 563 g/mol. The quantitative estimate of drug-likeness (QED) is 0.372. The number of benzene rings is 1. The van der Waals surface area contributed by atoms with Gasteiger partial charge in [-0.05, 0) is 50.2 Å². The van der Waals surface area contributed by atoms with Crippen molar-refractivity contribution in [1.82, 2.24) is 9.88 Å². The van der Waals surface area contributed by atoms with E-state index in [2.05, 4.69) is 12.2 Å². The number of nitrogens with zero attached hydrogens (tertiary/aromatic N) is 1. The third kappa shape index (κ3) is 8.89. The Morgan fingerprint density at radius 3 is 2.21 bits per heavy atom. The zero-order chi connectivity index (χ0) is 28.8. The first-order valence-corrected chi connectivity index (χ1v) is 12.6. The number of rotatable bonds is 6. The van der Waals surface area contributed by atoms with Gasteiger partial charge in [0.05, 0.1) is 11.3 Å². The number of amides is 1. The largest absolute Gasteiger partial charge is 0.480 e. The molecular formula is C26H32F5N2O4P. The van der Waals surface area contributed by atoms with E-state index in [0.29, 0.717) is 22.1 Å². The second-order valence-electron chi connectivity index (χ2n) is 9.64. The Morgan fingerprint density at radius 2 is 1.71 bits per heavy atom. The SMILES string of the molecule is CC1CCC(C(=O)NCC(=O)O)CC1.Cc1cccc(Cc2c(C(F)(F)F)cc(C(F)(F)P)n(C)c2=O)c1. The van der Waals surface area contributed by atoms with Gasteiger partial charge in [0, 0.05) is 24.9 Å². The molecule has 0 saturated heterocycles. The number of carboxylic acid groups (broad SMARTS) is 1. The van der Waals surface area contributed by atoms with E-state index in [1.54, 1.807) is 31.2 Å². The van der Waals surface area contributed by atoms with Crippen molar-refractivity contribution in [3.63, 3.8) is 0 Å². The maximum absolute atomic E-state index is 13.5. The van der Waals surface area contributed by atoms with Gasteiger partial charge in [0.15, 0.2) is 0 Å². The van der Waals surface area contributed by atoms with Crippen molar-refractivity contribution in [2.75, 3.05) is 6.54 Å². The molecule has 1 aromatic carbocycles. The lowest BCUT2D eigenvalue weighted by Gasteiger charge is -2.24. The molecule has 1 unspecified atom stereocenters. The van der Waals surface area contributed by atoms with Gasteiger partial charge >= 0.3 is 12.1 Å². The van der Waals surface area contributed by atoms with E-state index >= 15 is 0 Å². The van der Waals surface area contributed by atoms with Gasteiger partial charge in [0.2, 0.25) is 5.91 Å². The number of hydrogen-bond acceptors (Lipinski definition) is 3. The number of aromatic nitrogens is 1. The highest BCUT2D eigenvalue weighted by molar-refractivity contribution is 7.17. The number of pyridine rings is 1. The summed E-state index contributed by atoms with van der Waals surface area (Å²) in [5.74, 6) is -0.342. The summed E-state index contributed by atoms with van der Waals surface area (Å²) in [5.41, 5.74) is -6.27. The summed E-state index contributed by atoms with van der Waals surface area (Å²) in [5, 5.41) is 10.8. The summed E-state index contributed by atoms with van der Waals surface area (Å²) < 4.78 is 67.5. The lowest BCUT2D eigenvalue weighted by Crippen LogP contribution is -2.36. The van der Waals surface area contributed by atoms with Crippen LogP contribution < -0.4 is 10.9 Å². The molecule has 0 spiro atoms. The lowest BCUT2D eigenvalue weighted by molar-refractivity contribution is -0.139. The third-order valence-electron chi connectivity index (χ3n) is 6.44. The molecule has 0 bridgehead atoms. The molecule has 0 radical (unpaired) electrons. The average Bonchev–Trinajstić information content (AvgIpc) is 2.80. The van der Waals surface area contributed by atoms with Crippen molar-refractivity contribution < 1.29 is 36.6 Å². The van der Waals surface area contributed by atoms with E-state index in [1.807, 2.05) is 0 Å². The molecule has 1 aliphatic carbocycles. The van der Waals surface area contributed by atoms with E-state index in [-0.39, 0.29) is 24.8 Å². The topological polar surface area (TPSA) is 88.4 Å². The summed E-state index contributed by atoms with van der Waals surface area (Å²) in [4.78, 5) is 34.0. The fraction of sp³-hybridized carbons (Fsp3) is 0.500. The van der Waals surface area contributed by atoms with Gasteiger partial charge in [-0.2, -0.15) is 22.0 Å². The minimum absolute atomic E-state index is 0.0329. The van der Waals surface area contributed by atoms with Crippen LogP contribution in [-0.4, -0.2) is 28.1 Å². The van der Waals surface area contributed by atoms with Crippen molar-refractivity contribution in [3.8, 4) is 0 Å². The van der Waals surface area contributed by atoms with E-state index in [0.717, 1.165) is 47.5 Å². The molecule has 1 atom stereocenters. The number of aliphatic carboxylic acids is 1. The summed E-state index contributed by atoms with van der Waals surface area (Å²) in [6.07, 6.45) is -1.25. The van der Waals surface area contributed by atoms with E-state index in [1.165, 1.54) is 0 Å².